The second-order valence-corrected chi connectivity index (χ2v) is 10.9. The second-order valence-electron chi connectivity index (χ2n) is 9.82. The van der Waals surface area contributed by atoms with E-state index in [1.165, 1.54) is 4.90 Å². The van der Waals surface area contributed by atoms with Crippen molar-refractivity contribution in [2.24, 2.45) is 4.99 Å². The van der Waals surface area contributed by atoms with Gasteiger partial charge in [0.25, 0.3) is 0 Å². The topological polar surface area (TPSA) is 121 Å². The molecule has 1 amide bonds. The lowest BCUT2D eigenvalue weighted by molar-refractivity contribution is -0.162. The Morgan fingerprint density at radius 1 is 0.949 bits per heavy atom. The average molecular weight is 555 g/mol. The fourth-order valence-corrected chi connectivity index (χ4v) is 5.31. The Bertz CT molecular complexity index is 1230. The number of thioether (sulfide) groups is 1. The van der Waals surface area contributed by atoms with Gasteiger partial charge in [-0.25, -0.2) is 14.4 Å². The van der Waals surface area contributed by atoms with E-state index in [4.69, 9.17) is 18.9 Å². The summed E-state index contributed by atoms with van der Waals surface area (Å²) in [5, 5.41) is 0.280. The Balaban J connectivity index is 1.67. The first-order valence-corrected chi connectivity index (χ1v) is 13.4. The minimum absolute atomic E-state index is 0.248. The zero-order valence-electron chi connectivity index (χ0n) is 22.0. The molecule has 2 aliphatic rings. The van der Waals surface area contributed by atoms with Crippen molar-refractivity contribution in [2.75, 3.05) is 6.54 Å². The fourth-order valence-electron chi connectivity index (χ4n) is 4.05. The van der Waals surface area contributed by atoms with Crippen molar-refractivity contribution in [1.29, 1.82) is 0 Å². The summed E-state index contributed by atoms with van der Waals surface area (Å²) in [4.78, 5) is 57.1. The van der Waals surface area contributed by atoms with Crippen LogP contribution < -0.4 is 0 Å². The normalized spacial score (nSPS) is 24.1. The van der Waals surface area contributed by atoms with Gasteiger partial charge in [0.2, 0.25) is 0 Å². The number of aliphatic imine (C=N–C) groups is 1. The lowest BCUT2D eigenvalue weighted by atomic mass is 9.98. The largest absolute Gasteiger partial charge is 0.452 e. The molecule has 0 unspecified atom stereocenters. The zero-order valence-corrected chi connectivity index (χ0v) is 22.8. The SMILES string of the molecule is CCN(C(=O)OC(C)(C)C)C1=N[C@@H]2[C@@H](OC(=O)c3ccccc3)[C@H](OC(=O)c3ccccc3)[C@@H](C=O)O[C@@H]2S1. The van der Waals surface area contributed by atoms with Crippen molar-refractivity contribution in [3.05, 3.63) is 71.8 Å². The summed E-state index contributed by atoms with van der Waals surface area (Å²) in [6, 6.07) is 15.7. The lowest BCUT2D eigenvalue weighted by Crippen LogP contribution is -2.58. The Hall–Kier alpha value is -3.70. The first-order valence-electron chi connectivity index (χ1n) is 12.5. The third kappa shape index (κ3) is 6.66. The molecule has 0 aromatic heterocycles. The molecule has 0 bridgehead atoms. The molecule has 4 rings (SSSR count). The highest BCUT2D eigenvalue weighted by Gasteiger charge is 2.54. The van der Waals surface area contributed by atoms with E-state index in [2.05, 4.69) is 4.99 Å². The van der Waals surface area contributed by atoms with Gasteiger partial charge in [-0.05, 0) is 52.0 Å². The van der Waals surface area contributed by atoms with Gasteiger partial charge in [0.15, 0.2) is 29.8 Å². The number of esters is 2. The first kappa shape index (κ1) is 28.3. The molecule has 206 valence electrons. The van der Waals surface area contributed by atoms with Gasteiger partial charge < -0.3 is 23.7 Å². The Morgan fingerprint density at radius 3 is 1.97 bits per heavy atom. The van der Waals surface area contributed by atoms with Crippen molar-refractivity contribution < 1.29 is 38.1 Å². The van der Waals surface area contributed by atoms with Gasteiger partial charge in [-0.2, -0.15) is 0 Å². The van der Waals surface area contributed by atoms with Crippen LogP contribution in [0.4, 0.5) is 4.79 Å². The summed E-state index contributed by atoms with van der Waals surface area (Å²) in [6.45, 7) is 7.28. The van der Waals surface area contributed by atoms with Crippen molar-refractivity contribution in [2.45, 2.75) is 63.1 Å². The van der Waals surface area contributed by atoms with Gasteiger partial charge in [0.1, 0.15) is 17.1 Å². The molecule has 1 saturated heterocycles. The summed E-state index contributed by atoms with van der Waals surface area (Å²) in [5.74, 6) is -1.39. The molecular weight excluding hydrogens is 524 g/mol. The minimum Gasteiger partial charge on any atom is -0.452 e. The van der Waals surface area contributed by atoms with E-state index >= 15 is 0 Å². The van der Waals surface area contributed by atoms with E-state index in [0.29, 0.717) is 6.29 Å². The zero-order chi connectivity index (χ0) is 28.2. The standard InChI is InChI=1S/C28H30N2O8S/c1-5-30(27(34)38-28(2,3)4)26-29-20-22(37-24(33)18-14-10-7-11-15-18)21(19(16-31)35-25(20)39-26)36-23(32)17-12-8-6-9-13-17/h6-16,19-22,25H,5H2,1-4H3/t19-,20-,21-,22-,25-/m1/s1. The van der Waals surface area contributed by atoms with Crippen LogP contribution in [0.25, 0.3) is 0 Å². The highest BCUT2D eigenvalue weighted by molar-refractivity contribution is 8.14. The number of nitrogens with zero attached hydrogens (tertiary/aromatic N) is 2. The first-order chi connectivity index (χ1) is 18.6. The number of hydrogen-bond acceptors (Lipinski definition) is 10. The van der Waals surface area contributed by atoms with E-state index in [-0.39, 0.29) is 22.8 Å². The van der Waals surface area contributed by atoms with Crippen LogP contribution in [0, 0.1) is 0 Å². The molecule has 10 nitrogen and oxygen atoms in total. The maximum absolute atomic E-state index is 13.1. The number of carbonyl (C=O) groups excluding carboxylic acids is 4. The molecule has 5 atom stereocenters. The molecule has 2 heterocycles. The van der Waals surface area contributed by atoms with Gasteiger partial charge in [0, 0.05) is 6.54 Å². The quantitative estimate of drug-likeness (QED) is 0.295. The van der Waals surface area contributed by atoms with Crippen LogP contribution in [0.3, 0.4) is 0 Å². The van der Waals surface area contributed by atoms with Crippen molar-refractivity contribution in [3.63, 3.8) is 0 Å². The summed E-state index contributed by atoms with van der Waals surface area (Å²) in [7, 11) is 0. The minimum atomic E-state index is -1.29. The maximum Gasteiger partial charge on any atom is 0.416 e. The van der Waals surface area contributed by atoms with Crippen LogP contribution >= 0.6 is 11.8 Å². The molecule has 1 fully saturated rings. The third-order valence-electron chi connectivity index (χ3n) is 5.84. The van der Waals surface area contributed by atoms with E-state index in [0.717, 1.165) is 11.8 Å². The molecule has 2 aliphatic heterocycles. The van der Waals surface area contributed by atoms with Crippen LogP contribution in [0.15, 0.2) is 65.7 Å². The number of aldehydes is 1. The van der Waals surface area contributed by atoms with Gasteiger partial charge in [-0.1, -0.05) is 48.2 Å². The van der Waals surface area contributed by atoms with E-state index < -0.39 is 53.4 Å². The predicted molar refractivity (Wildman–Crippen MR) is 143 cm³/mol. The van der Waals surface area contributed by atoms with Gasteiger partial charge >= 0.3 is 18.0 Å². The molecule has 0 radical (unpaired) electrons. The van der Waals surface area contributed by atoms with E-state index in [1.807, 2.05) is 0 Å². The van der Waals surface area contributed by atoms with Gasteiger partial charge in [-0.15, -0.1) is 0 Å². The smallest absolute Gasteiger partial charge is 0.416 e. The van der Waals surface area contributed by atoms with Crippen molar-refractivity contribution in [1.82, 2.24) is 4.90 Å². The molecular formula is C28H30N2O8S. The molecule has 39 heavy (non-hydrogen) atoms. The number of ether oxygens (including phenoxy) is 4. The second kappa shape index (κ2) is 12.0. The molecule has 0 aliphatic carbocycles. The third-order valence-corrected chi connectivity index (χ3v) is 6.99. The Morgan fingerprint density at radius 2 is 1.49 bits per heavy atom. The summed E-state index contributed by atoms with van der Waals surface area (Å²) in [6.07, 6.45) is -3.81. The molecule has 11 heteroatoms. The highest BCUT2D eigenvalue weighted by atomic mass is 32.2. The van der Waals surface area contributed by atoms with Crippen LogP contribution in [0.1, 0.15) is 48.4 Å². The predicted octanol–water partition coefficient (Wildman–Crippen LogP) is 4.09. The lowest BCUT2D eigenvalue weighted by Gasteiger charge is -2.39. The molecule has 0 saturated carbocycles. The van der Waals surface area contributed by atoms with Crippen LogP contribution in [0.5, 0.6) is 0 Å². The number of amidine groups is 1. The van der Waals surface area contributed by atoms with E-state index in [1.54, 1.807) is 88.4 Å². The number of fused-ring (bicyclic) bond motifs is 1. The van der Waals surface area contributed by atoms with Gasteiger partial charge in [0.05, 0.1) is 11.1 Å². The molecule has 0 spiro atoms. The summed E-state index contributed by atoms with van der Waals surface area (Å²) < 4.78 is 23.1. The van der Waals surface area contributed by atoms with Crippen molar-refractivity contribution in [3.8, 4) is 0 Å². The molecule has 2 aromatic carbocycles. The monoisotopic (exact) mass is 554 g/mol. The van der Waals surface area contributed by atoms with Crippen LogP contribution in [-0.2, 0) is 23.7 Å². The Kier molecular flexibility index (Phi) is 8.71. The fraction of sp³-hybridized carbons (Fsp3) is 0.393. The summed E-state index contributed by atoms with van der Waals surface area (Å²) >= 11 is 1.11. The number of benzene rings is 2. The highest BCUT2D eigenvalue weighted by Crippen LogP contribution is 2.40. The number of amides is 1. The Labute approximate surface area is 230 Å². The van der Waals surface area contributed by atoms with Gasteiger partial charge in [-0.3, -0.25) is 9.89 Å². The van der Waals surface area contributed by atoms with Crippen molar-refractivity contribution >= 4 is 41.2 Å². The maximum atomic E-state index is 13.1. The summed E-state index contributed by atoms with van der Waals surface area (Å²) in [5.41, 5.74) is -0.989. The van der Waals surface area contributed by atoms with Crippen LogP contribution in [-0.4, -0.2) is 76.3 Å². The van der Waals surface area contributed by atoms with E-state index in [9.17, 15) is 19.2 Å². The number of rotatable bonds is 6. The molecule has 2 aromatic rings. The number of carbonyl (C=O) groups is 4. The van der Waals surface area contributed by atoms with Crippen LogP contribution in [0.2, 0.25) is 0 Å². The molecule has 0 N–H and O–H groups in total. The number of hydrogen-bond donors (Lipinski definition) is 0. The average Bonchev–Trinajstić information content (AvgIpc) is 3.33.